The van der Waals surface area contributed by atoms with Gasteiger partial charge in [-0.1, -0.05) is 63.3 Å². The van der Waals surface area contributed by atoms with Gasteiger partial charge in [-0.15, -0.1) is 0 Å². The first kappa shape index (κ1) is 23.2. The maximum absolute atomic E-state index is 6.44. The lowest BCUT2D eigenvalue weighted by Gasteiger charge is -2.28. The van der Waals surface area contributed by atoms with Gasteiger partial charge in [0.15, 0.2) is 0 Å². The Morgan fingerprint density at radius 2 is 2.13 bits per heavy atom. The lowest BCUT2D eigenvalue weighted by atomic mass is 9.89. The smallest absolute Gasteiger partial charge is 0.0933 e. The van der Waals surface area contributed by atoms with Crippen LogP contribution in [0.25, 0.3) is 5.57 Å². The van der Waals surface area contributed by atoms with E-state index in [4.69, 9.17) is 16.7 Å². The van der Waals surface area contributed by atoms with Crippen LogP contribution in [-0.2, 0) is 0 Å². The molecule has 1 aromatic heterocycles. The molecular weight excluding hydrogens is 404 g/mol. The van der Waals surface area contributed by atoms with E-state index in [1.165, 1.54) is 5.57 Å². The standard InChI is InChI=1S/C26H35ClN4/c1-8-9-19(5)25-23(16-31(29-25)17(2)3)26(21-12-10-18(4)11-13-21)28-22-14-24(27)20(6)30(7)15-22/h10,12-18,26,28H,5-6,8-9,11H2,1-4,7H3. The second kappa shape index (κ2) is 9.78. The highest BCUT2D eigenvalue weighted by Crippen LogP contribution is 2.35. The van der Waals surface area contributed by atoms with Crippen molar-refractivity contribution in [3.63, 3.8) is 0 Å². The molecule has 1 aliphatic carbocycles. The van der Waals surface area contributed by atoms with E-state index in [9.17, 15) is 0 Å². The van der Waals surface area contributed by atoms with Crippen LogP contribution >= 0.6 is 11.6 Å². The van der Waals surface area contributed by atoms with Crippen molar-refractivity contribution in [1.82, 2.24) is 20.0 Å². The molecule has 0 bridgehead atoms. The van der Waals surface area contributed by atoms with Gasteiger partial charge >= 0.3 is 0 Å². The minimum absolute atomic E-state index is 0.0495. The molecule has 3 rings (SSSR count). The van der Waals surface area contributed by atoms with Gasteiger partial charge in [0.25, 0.3) is 0 Å². The molecule has 0 radical (unpaired) electrons. The van der Waals surface area contributed by atoms with E-state index in [0.717, 1.165) is 47.5 Å². The van der Waals surface area contributed by atoms with Crippen molar-refractivity contribution in [1.29, 1.82) is 0 Å². The molecule has 2 unspecified atom stereocenters. The highest BCUT2D eigenvalue weighted by atomic mass is 35.5. The van der Waals surface area contributed by atoms with Gasteiger partial charge < -0.3 is 10.2 Å². The summed E-state index contributed by atoms with van der Waals surface area (Å²) in [7, 11) is 1.96. The van der Waals surface area contributed by atoms with Crippen molar-refractivity contribution in [2.75, 3.05) is 7.05 Å². The molecule has 5 heteroatoms. The van der Waals surface area contributed by atoms with Gasteiger partial charge in [-0.25, -0.2) is 0 Å². The third kappa shape index (κ3) is 5.24. The largest absolute Gasteiger partial charge is 0.373 e. The molecule has 2 aliphatic rings. The van der Waals surface area contributed by atoms with Gasteiger partial charge in [-0.2, -0.15) is 5.10 Å². The molecule has 2 heterocycles. The van der Waals surface area contributed by atoms with Crippen LogP contribution in [0.3, 0.4) is 0 Å². The van der Waals surface area contributed by atoms with Crippen molar-refractivity contribution >= 4 is 17.2 Å². The third-order valence-electron chi connectivity index (χ3n) is 5.79. The fourth-order valence-electron chi connectivity index (χ4n) is 3.83. The molecule has 1 aromatic rings. The summed E-state index contributed by atoms with van der Waals surface area (Å²) in [5.41, 5.74) is 6.19. The first-order chi connectivity index (χ1) is 14.7. The molecule has 4 nitrogen and oxygen atoms in total. The van der Waals surface area contributed by atoms with Crippen LogP contribution in [0.15, 0.2) is 71.9 Å². The van der Waals surface area contributed by atoms with Gasteiger partial charge in [0.2, 0.25) is 0 Å². The molecule has 1 aliphatic heterocycles. The lowest BCUT2D eigenvalue weighted by Crippen LogP contribution is -2.26. The molecule has 0 amide bonds. The summed E-state index contributed by atoms with van der Waals surface area (Å²) < 4.78 is 2.04. The van der Waals surface area contributed by atoms with Crippen LogP contribution in [0.1, 0.15) is 70.3 Å². The zero-order valence-corrected chi connectivity index (χ0v) is 20.2. The predicted octanol–water partition coefficient (Wildman–Crippen LogP) is 6.85. The lowest BCUT2D eigenvalue weighted by molar-refractivity contribution is 0.529. The second-order valence-corrected chi connectivity index (χ2v) is 9.26. The second-order valence-electron chi connectivity index (χ2n) is 8.85. The van der Waals surface area contributed by atoms with Gasteiger partial charge in [0, 0.05) is 31.0 Å². The number of nitrogens with zero attached hydrogens (tertiary/aromatic N) is 3. The number of likely N-dealkylation sites (N-methyl/N-ethyl adjacent to an activating group) is 1. The molecule has 0 saturated carbocycles. The molecule has 0 saturated heterocycles. The first-order valence-electron chi connectivity index (χ1n) is 11.1. The van der Waals surface area contributed by atoms with E-state index in [0.29, 0.717) is 11.0 Å². The minimum atomic E-state index is -0.0495. The van der Waals surface area contributed by atoms with Crippen LogP contribution < -0.4 is 5.32 Å². The zero-order valence-electron chi connectivity index (χ0n) is 19.5. The van der Waals surface area contributed by atoms with Crippen LogP contribution in [0.4, 0.5) is 0 Å². The molecule has 2 atom stereocenters. The van der Waals surface area contributed by atoms with E-state index in [-0.39, 0.29) is 12.1 Å². The van der Waals surface area contributed by atoms with Gasteiger partial charge in [0.05, 0.1) is 28.2 Å². The molecule has 0 spiro atoms. The third-order valence-corrected chi connectivity index (χ3v) is 6.12. The monoisotopic (exact) mass is 438 g/mol. The molecule has 0 aromatic carbocycles. The number of hydrogen-bond acceptors (Lipinski definition) is 3. The van der Waals surface area contributed by atoms with Crippen LogP contribution in [0, 0.1) is 5.92 Å². The molecule has 1 N–H and O–H groups in total. The van der Waals surface area contributed by atoms with Gasteiger partial charge in [-0.3, -0.25) is 4.68 Å². The van der Waals surface area contributed by atoms with E-state index in [2.05, 4.69) is 70.6 Å². The van der Waals surface area contributed by atoms with E-state index >= 15 is 0 Å². The van der Waals surface area contributed by atoms with Crippen molar-refractivity contribution in [2.24, 2.45) is 5.92 Å². The average molecular weight is 439 g/mol. The van der Waals surface area contributed by atoms with E-state index in [1.807, 2.05) is 28.9 Å². The van der Waals surface area contributed by atoms with Crippen molar-refractivity contribution < 1.29 is 0 Å². The van der Waals surface area contributed by atoms with Crippen LogP contribution in [0.2, 0.25) is 0 Å². The number of allylic oxidation sites excluding steroid dienone is 5. The topological polar surface area (TPSA) is 33.1 Å². The Balaban J connectivity index is 2.07. The Labute approximate surface area is 192 Å². The van der Waals surface area contributed by atoms with Gasteiger partial charge in [0.1, 0.15) is 0 Å². The quantitative estimate of drug-likeness (QED) is 0.481. The van der Waals surface area contributed by atoms with Crippen molar-refractivity contribution in [3.05, 3.63) is 83.1 Å². The Kier molecular flexibility index (Phi) is 7.32. The number of hydrogen-bond donors (Lipinski definition) is 1. The average Bonchev–Trinajstić information content (AvgIpc) is 3.17. The minimum Gasteiger partial charge on any atom is -0.373 e. The highest BCUT2D eigenvalue weighted by molar-refractivity contribution is 6.32. The number of aromatic nitrogens is 2. The highest BCUT2D eigenvalue weighted by Gasteiger charge is 2.26. The Bertz CT molecular complexity index is 974. The summed E-state index contributed by atoms with van der Waals surface area (Å²) in [6.07, 6.45) is 16.0. The Morgan fingerprint density at radius 1 is 1.39 bits per heavy atom. The van der Waals surface area contributed by atoms with E-state index < -0.39 is 0 Å². The van der Waals surface area contributed by atoms with Gasteiger partial charge in [-0.05, 0) is 49.8 Å². The fraction of sp³-hybridized carbons (Fsp3) is 0.423. The number of nitrogens with one attached hydrogen (secondary N) is 1. The first-order valence-corrected chi connectivity index (χ1v) is 11.5. The van der Waals surface area contributed by atoms with Crippen LogP contribution in [0.5, 0.6) is 0 Å². The summed E-state index contributed by atoms with van der Waals surface area (Å²) in [6.45, 7) is 17.1. The fourth-order valence-corrected chi connectivity index (χ4v) is 4.08. The predicted molar refractivity (Wildman–Crippen MR) is 132 cm³/mol. The van der Waals surface area contributed by atoms with E-state index in [1.54, 1.807) is 0 Å². The molecule has 166 valence electrons. The molecule has 0 fully saturated rings. The number of rotatable bonds is 8. The normalized spacial score (nSPS) is 19.8. The maximum Gasteiger partial charge on any atom is 0.0933 e. The SMILES string of the molecule is C=C(CCC)c1nn(C(C)C)cc1C(NC1=CN(C)C(=C)C(Cl)=C1)C1=CCC(C)C=C1. The summed E-state index contributed by atoms with van der Waals surface area (Å²) in [5.74, 6) is 0.551. The zero-order chi connectivity index (χ0) is 22.7. The molecular formula is C26H35ClN4. The summed E-state index contributed by atoms with van der Waals surface area (Å²) >= 11 is 6.44. The van der Waals surface area contributed by atoms with Crippen molar-refractivity contribution in [2.45, 2.75) is 59.0 Å². The summed E-state index contributed by atoms with van der Waals surface area (Å²) in [4.78, 5) is 1.95. The summed E-state index contributed by atoms with van der Waals surface area (Å²) in [5, 5.41) is 9.31. The molecule has 31 heavy (non-hydrogen) atoms. The van der Waals surface area contributed by atoms with Crippen LogP contribution in [-0.4, -0.2) is 21.7 Å². The maximum atomic E-state index is 6.44. The van der Waals surface area contributed by atoms with Crippen molar-refractivity contribution in [3.8, 4) is 0 Å². The summed E-state index contributed by atoms with van der Waals surface area (Å²) in [6, 6.07) is 0.225. The Hall–Kier alpha value is -2.46. The number of halogens is 1. The Morgan fingerprint density at radius 3 is 2.71 bits per heavy atom.